The van der Waals surface area contributed by atoms with Crippen LogP contribution in [0.5, 0.6) is 5.75 Å². The van der Waals surface area contributed by atoms with Crippen LogP contribution in [0.2, 0.25) is 5.02 Å². The van der Waals surface area contributed by atoms with Gasteiger partial charge < -0.3 is 9.30 Å². The number of hydrogen-bond donors (Lipinski definition) is 0. The Morgan fingerprint density at radius 1 is 1.30 bits per heavy atom. The zero-order valence-electron chi connectivity index (χ0n) is 11.5. The molecule has 0 aliphatic heterocycles. The molecule has 0 bridgehead atoms. The normalized spacial score (nSPS) is 9.95. The minimum Gasteiger partial charge on any atom is -0.494 e. The quantitative estimate of drug-likeness (QED) is 0.778. The molecule has 20 heavy (non-hydrogen) atoms. The van der Waals surface area contributed by atoms with Crippen molar-refractivity contribution in [1.82, 2.24) is 4.57 Å². The molecule has 1 aromatic carbocycles. The fourth-order valence-corrected chi connectivity index (χ4v) is 2.21. The van der Waals surface area contributed by atoms with Crippen LogP contribution >= 0.6 is 11.6 Å². The number of halogens is 1. The number of benzene rings is 1. The van der Waals surface area contributed by atoms with E-state index in [2.05, 4.69) is 6.07 Å². The van der Waals surface area contributed by atoms with Gasteiger partial charge in [0, 0.05) is 39.3 Å². The minimum absolute atomic E-state index is 0. The van der Waals surface area contributed by atoms with E-state index in [1.807, 2.05) is 26.0 Å². The maximum absolute atomic E-state index is 11.8. The van der Waals surface area contributed by atoms with Gasteiger partial charge in [0.1, 0.15) is 5.75 Å². The summed E-state index contributed by atoms with van der Waals surface area (Å²) < 4.78 is 7.04. The molecule has 0 amide bonds. The smallest absolute Gasteiger partial charge is 0.194 e. The van der Waals surface area contributed by atoms with Crippen LogP contribution in [0.3, 0.4) is 0 Å². The molecule has 0 spiro atoms. The molecule has 1 radical (unpaired) electrons. The van der Waals surface area contributed by atoms with Crippen LogP contribution in [-0.4, -0.2) is 11.2 Å². The summed E-state index contributed by atoms with van der Waals surface area (Å²) >= 11 is 6.27. The Bertz CT molecular complexity index is 640. The largest absolute Gasteiger partial charge is 0.494 e. The van der Waals surface area contributed by atoms with Crippen molar-refractivity contribution < 1.29 is 37.4 Å². The number of aromatic nitrogens is 1. The van der Waals surface area contributed by atoms with Crippen LogP contribution in [0.25, 0.3) is 11.3 Å². The second-order valence-corrected chi connectivity index (χ2v) is 4.39. The molecule has 103 valence electrons. The summed E-state index contributed by atoms with van der Waals surface area (Å²) in [5, 5.41) is 0.551. The van der Waals surface area contributed by atoms with Crippen molar-refractivity contribution in [3.05, 3.63) is 51.8 Å². The minimum atomic E-state index is -0.0544. The number of ether oxygens (including phenoxy) is 1. The van der Waals surface area contributed by atoms with E-state index in [1.165, 1.54) is 6.07 Å². The topological polar surface area (TPSA) is 31.2 Å². The second kappa shape index (κ2) is 7.97. The van der Waals surface area contributed by atoms with Crippen molar-refractivity contribution in [1.29, 1.82) is 0 Å². The monoisotopic (exact) mass is 365 g/mol. The van der Waals surface area contributed by atoms with Crippen molar-refractivity contribution in [3.8, 4) is 17.0 Å². The Labute approximate surface area is 148 Å². The summed E-state index contributed by atoms with van der Waals surface area (Å²) in [5.74, 6) is 0.720. The average molecular weight is 366 g/mol. The van der Waals surface area contributed by atoms with Gasteiger partial charge in [0.25, 0.3) is 0 Å². The molecule has 2 aromatic rings. The first-order chi connectivity index (χ1) is 9.17. The van der Waals surface area contributed by atoms with Crippen molar-refractivity contribution in [2.45, 2.75) is 20.4 Å². The van der Waals surface area contributed by atoms with Gasteiger partial charge >= 0.3 is 0 Å². The predicted molar refractivity (Wildman–Crippen MR) is 76.8 cm³/mol. The van der Waals surface area contributed by atoms with E-state index >= 15 is 0 Å². The van der Waals surface area contributed by atoms with E-state index < -0.39 is 0 Å². The van der Waals surface area contributed by atoms with E-state index in [1.54, 1.807) is 16.7 Å². The zero-order valence-corrected chi connectivity index (χ0v) is 15.1. The van der Waals surface area contributed by atoms with Crippen molar-refractivity contribution >= 4 is 11.6 Å². The first-order valence-corrected chi connectivity index (χ1v) is 6.59. The molecular weight excluding hydrogens is 351 g/mol. The summed E-state index contributed by atoms with van der Waals surface area (Å²) in [6.45, 7) is 5.00. The zero-order chi connectivity index (χ0) is 13.8. The van der Waals surface area contributed by atoms with Crippen LogP contribution in [0.4, 0.5) is 0 Å². The molecule has 1 aromatic heterocycles. The summed E-state index contributed by atoms with van der Waals surface area (Å²) in [6.07, 6.45) is 0. The maximum atomic E-state index is 11.8. The number of hydrogen-bond acceptors (Lipinski definition) is 2. The standard InChI is InChI=1S/C15H15ClNO2.Y/c1-3-17-14(6-5-7-15(17)18)12-9-8-11(19-4-2)10-13(12)16;/h5,7-10H,3-4H2,1-2H3;/q-1;. The van der Waals surface area contributed by atoms with Crippen LogP contribution in [0.15, 0.2) is 35.1 Å². The fourth-order valence-electron chi connectivity index (χ4n) is 1.95. The van der Waals surface area contributed by atoms with Crippen LogP contribution in [0.1, 0.15) is 13.8 Å². The van der Waals surface area contributed by atoms with E-state index in [4.69, 9.17) is 16.3 Å². The molecule has 0 atom stereocenters. The Morgan fingerprint density at radius 2 is 2.05 bits per heavy atom. The number of nitrogens with zero attached hydrogens (tertiary/aromatic N) is 1. The van der Waals surface area contributed by atoms with Crippen LogP contribution in [0, 0.1) is 6.07 Å². The van der Waals surface area contributed by atoms with Gasteiger partial charge in [-0.3, -0.25) is 4.79 Å². The van der Waals surface area contributed by atoms with E-state index in [0.29, 0.717) is 23.9 Å². The van der Waals surface area contributed by atoms with Crippen molar-refractivity contribution in [3.63, 3.8) is 0 Å². The van der Waals surface area contributed by atoms with Crippen molar-refractivity contribution in [2.24, 2.45) is 0 Å². The van der Waals surface area contributed by atoms with E-state index in [9.17, 15) is 4.79 Å². The number of rotatable bonds is 4. The van der Waals surface area contributed by atoms with Gasteiger partial charge in [0.05, 0.1) is 6.61 Å². The van der Waals surface area contributed by atoms with Crippen LogP contribution in [-0.2, 0) is 39.3 Å². The molecule has 0 aliphatic carbocycles. The average Bonchev–Trinajstić information content (AvgIpc) is 2.39. The van der Waals surface area contributed by atoms with Gasteiger partial charge in [-0.2, -0.15) is 12.1 Å². The third-order valence-electron chi connectivity index (χ3n) is 2.80. The fraction of sp³-hybridized carbons (Fsp3) is 0.267. The molecule has 0 N–H and O–H groups in total. The van der Waals surface area contributed by atoms with Gasteiger partial charge in [-0.15, -0.1) is 6.07 Å². The van der Waals surface area contributed by atoms with Crippen molar-refractivity contribution in [2.75, 3.05) is 6.61 Å². The molecule has 1 heterocycles. The van der Waals surface area contributed by atoms with Gasteiger partial charge in [-0.1, -0.05) is 28.9 Å². The first kappa shape index (κ1) is 17.4. The molecule has 0 saturated heterocycles. The SMILES string of the molecule is CCOc1ccc(-c2[c-]ccc(=O)n2CC)c(Cl)c1.[Y]. The van der Waals surface area contributed by atoms with E-state index in [-0.39, 0.29) is 38.3 Å². The van der Waals surface area contributed by atoms with Gasteiger partial charge in [-0.05, 0) is 31.0 Å². The summed E-state index contributed by atoms with van der Waals surface area (Å²) in [6, 6.07) is 11.6. The molecule has 5 heteroatoms. The molecule has 0 unspecified atom stereocenters. The first-order valence-electron chi connectivity index (χ1n) is 6.21. The summed E-state index contributed by atoms with van der Waals surface area (Å²) in [4.78, 5) is 11.8. The molecule has 0 aliphatic rings. The predicted octanol–water partition coefficient (Wildman–Crippen LogP) is 3.38. The van der Waals surface area contributed by atoms with Gasteiger partial charge in [0.2, 0.25) is 0 Å². The Balaban J connectivity index is 0.00000200. The van der Waals surface area contributed by atoms with Gasteiger partial charge in [-0.25, -0.2) is 0 Å². The summed E-state index contributed by atoms with van der Waals surface area (Å²) in [7, 11) is 0. The van der Waals surface area contributed by atoms with Gasteiger partial charge in [0.15, 0.2) is 5.56 Å². The molecule has 0 fully saturated rings. The second-order valence-electron chi connectivity index (χ2n) is 3.98. The van der Waals surface area contributed by atoms with Crippen LogP contribution < -0.4 is 10.3 Å². The Morgan fingerprint density at radius 3 is 2.65 bits per heavy atom. The van der Waals surface area contributed by atoms with E-state index in [0.717, 1.165) is 11.3 Å². The molecule has 2 rings (SSSR count). The third-order valence-corrected chi connectivity index (χ3v) is 3.12. The Kier molecular flexibility index (Phi) is 6.94. The third kappa shape index (κ3) is 3.72. The molecule has 0 saturated carbocycles. The molecular formula is C15H15ClNO2Y-. The number of pyridine rings is 1. The maximum Gasteiger partial charge on any atom is 0.194 e. The molecule has 3 nitrogen and oxygen atoms in total. The summed E-state index contributed by atoms with van der Waals surface area (Å²) in [5.41, 5.74) is 1.42. The Hall–Kier alpha value is -0.636.